The highest BCUT2D eigenvalue weighted by Crippen LogP contribution is 2.39. The van der Waals surface area contributed by atoms with Crippen LogP contribution in [0, 0.1) is 5.92 Å². The number of fused-ring (bicyclic) bond motifs is 1. The van der Waals surface area contributed by atoms with Crippen LogP contribution in [0.1, 0.15) is 22.9 Å². The Labute approximate surface area is 165 Å². The van der Waals surface area contributed by atoms with Gasteiger partial charge in [-0.05, 0) is 42.3 Å². The van der Waals surface area contributed by atoms with Crippen LogP contribution in [0.5, 0.6) is 11.5 Å². The van der Waals surface area contributed by atoms with E-state index in [-0.39, 0.29) is 18.3 Å². The zero-order chi connectivity index (χ0) is 17.8. The summed E-state index contributed by atoms with van der Waals surface area (Å²) >= 11 is 0. The molecule has 140 valence electrons. The van der Waals surface area contributed by atoms with E-state index in [0.717, 1.165) is 23.4 Å². The summed E-state index contributed by atoms with van der Waals surface area (Å²) in [5, 5.41) is 10.8. The molecular formula is C22H22ClNO3. The number of halogens is 1. The SMILES string of the molecule is Cl.O[C@H]1c2cc(OCc3ccccn3)ccc2OC[C@@H]1Cc1ccccc1. The lowest BCUT2D eigenvalue weighted by molar-refractivity contribution is 0.0504. The average molecular weight is 384 g/mol. The average Bonchev–Trinajstić information content (AvgIpc) is 2.70. The fraction of sp³-hybridized carbons (Fsp3) is 0.227. The first-order chi connectivity index (χ1) is 12.8. The molecule has 2 atom stereocenters. The van der Waals surface area contributed by atoms with Gasteiger partial charge in [0.2, 0.25) is 0 Å². The highest BCUT2D eigenvalue weighted by Gasteiger charge is 2.30. The van der Waals surface area contributed by atoms with E-state index in [1.165, 1.54) is 5.56 Å². The topological polar surface area (TPSA) is 51.6 Å². The smallest absolute Gasteiger partial charge is 0.130 e. The molecule has 2 heterocycles. The van der Waals surface area contributed by atoms with E-state index in [1.807, 2.05) is 54.6 Å². The van der Waals surface area contributed by atoms with Gasteiger partial charge < -0.3 is 14.6 Å². The molecule has 0 amide bonds. The summed E-state index contributed by atoms with van der Waals surface area (Å²) in [6.45, 7) is 0.904. The summed E-state index contributed by atoms with van der Waals surface area (Å²) in [5.74, 6) is 1.46. The summed E-state index contributed by atoms with van der Waals surface area (Å²) < 4.78 is 11.7. The van der Waals surface area contributed by atoms with Crippen molar-refractivity contribution in [3.63, 3.8) is 0 Å². The Balaban J connectivity index is 0.00000210. The van der Waals surface area contributed by atoms with Crippen LogP contribution in [0.15, 0.2) is 72.9 Å². The predicted octanol–water partition coefficient (Wildman–Crippen LogP) is 4.37. The van der Waals surface area contributed by atoms with E-state index >= 15 is 0 Å². The summed E-state index contributed by atoms with van der Waals surface area (Å²) in [7, 11) is 0. The minimum Gasteiger partial charge on any atom is -0.493 e. The number of benzene rings is 2. The third kappa shape index (κ3) is 4.59. The summed E-state index contributed by atoms with van der Waals surface area (Å²) in [6, 6.07) is 21.5. The van der Waals surface area contributed by atoms with Gasteiger partial charge in [0, 0.05) is 17.7 Å². The molecule has 0 fully saturated rings. The fourth-order valence-electron chi connectivity index (χ4n) is 3.25. The van der Waals surface area contributed by atoms with Crippen LogP contribution in [0.3, 0.4) is 0 Å². The van der Waals surface area contributed by atoms with Crippen LogP contribution >= 0.6 is 12.4 Å². The van der Waals surface area contributed by atoms with Gasteiger partial charge in [0.15, 0.2) is 0 Å². The molecule has 1 aliphatic heterocycles. The third-order valence-corrected chi connectivity index (χ3v) is 4.65. The first-order valence-corrected chi connectivity index (χ1v) is 8.81. The highest BCUT2D eigenvalue weighted by atomic mass is 35.5. The van der Waals surface area contributed by atoms with E-state index in [9.17, 15) is 5.11 Å². The molecule has 2 aromatic carbocycles. The minimum absolute atomic E-state index is 0. The van der Waals surface area contributed by atoms with E-state index < -0.39 is 6.10 Å². The molecule has 4 nitrogen and oxygen atoms in total. The first kappa shape index (κ1) is 19.2. The van der Waals surface area contributed by atoms with Crippen LogP contribution < -0.4 is 9.47 Å². The van der Waals surface area contributed by atoms with Crippen molar-refractivity contribution < 1.29 is 14.6 Å². The Morgan fingerprint density at radius 3 is 2.63 bits per heavy atom. The van der Waals surface area contributed by atoms with Crippen LogP contribution in [0.25, 0.3) is 0 Å². The Hall–Kier alpha value is -2.56. The van der Waals surface area contributed by atoms with E-state index in [0.29, 0.717) is 19.0 Å². The minimum atomic E-state index is -0.572. The number of hydrogen-bond acceptors (Lipinski definition) is 4. The summed E-state index contributed by atoms with van der Waals surface area (Å²) in [5.41, 5.74) is 2.85. The molecule has 1 aliphatic rings. The maximum atomic E-state index is 10.8. The molecule has 4 rings (SSSR count). The fourth-order valence-corrected chi connectivity index (χ4v) is 3.25. The molecule has 1 aromatic heterocycles. The monoisotopic (exact) mass is 383 g/mol. The molecule has 0 saturated heterocycles. The number of ether oxygens (including phenoxy) is 2. The Bertz CT molecular complexity index is 858. The number of nitrogens with zero attached hydrogens (tertiary/aromatic N) is 1. The second-order valence-electron chi connectivity index (χ2n) is 6.52. The van der Waals surface area contributed by atoms with Gasteiger partial charge in [-0.2, -0.15) is 0 Å². The predicted molar refractivity (Wildman–Crippen MR) is 106 cm³/mol. The zero-order valence-corrected chi connectivity index (χ0v) is 15.6. The molecular weight excluding hydrogens is 362 g/mol. The van der Waals surface area contributed by atoms with E-state index in [4.69, 9.17) is 9.47 Å². The van der Waals surface area contributed by atoms with Gasteiger partial charge >= 0.3 is 0 Å². The third-order valence-electron chi connectivity index (χ3n) is 4.65. The first-order valence-electron chi connectivity index (χ1n) is 8.81. The number of hydrogen-bond donors (Lipinski definition) is 1. The zero-order valence-electron chi connectivity index (χ0n) is 14.8. The van der Waals surface area contributed by atoms with Crippen LogP contribution in [0.2, 0.25) is 0 Å². The largest absolute Gasteiger partial charge is 0.493 e. The number of pyridine rings is 1. The van der Waals surface area contributed by atoms with Crippen molar-refractivity contribution in [2.24, 2.45) is 5.92 Å². The molecule has 0 unspecified atom stereocenters. The van der Waals surface area contributed by atoms with E-state index in [1.54, 1.807) is 6.20 Å². The van der Waals surface area contributed by atoms with Crippen molar-refractivity contribution in [1.29, 1.82) is 0 Å². The quantitative estimate of drug-likeness (QED) is 0.710. The standard InChI is InChI=1S/C22H21NO3.ClH/c24-22-17(12-16-6-2-1-3-7-16)14-26-21-10-9-19(13-20(21)22)25-15-18-8-4-5-11-23-18;/h1-11,13,17,22,24H,12,14-15H2;1H/t17-,22+;/m0./s1. The maximum Gasteiger partial charge on any atom is 0.130 e. The van der Waals surface area contributed by atoms with Crippen LogP contribution in [0.4, 0.5) is 0 Å². The van der Waals surface area contributed by atoms with Gasteiger partial charge in [-0.3, -0.25) is 4.98 Å². The van der Waals surface area contributed by atoms with Crippen molar-refractivity contribution in [2.75, 3.05) is 6.61 Å². The molecule has 0 radical (unpaired) electrons. The molecule has 3 aromatic rings. The molecule has 0 bridgehead atoms. The lowest BCUT2D eigenvalue weighted by atomic mass is 9.88. The maximum absolute atomic E-state index is 10.8. The molecule has 0 saturated carbocycles. The molecule has 1 N–H and O–H groups in total. The van der Waals surface area contributed by atoms with Gasteiger partial charge in [-0.25, -0.2) is 0 Å². The van der Waals surface area contributed by atoms with Gasteiger partial charge in [-0.15, -0.1) is 12.4 Å². The van der Waals surface area contributed by atoms with Gasteiger partial charge in [0.25, 0.3) is 0 Å². The van der Waals surface area contributed by atoms with E-state index in [2.05, 4.69) is 17.1 Å². The Kier molecular flexibility index (Phi) is 6.32. The second kappa shape index (κ2) is 8.89. The van der Waals surface area contributed by atoms with Crippen molar-refractivity contribution in [3.8, 4) is 11.5 Å². The molecule has 5 heteroatoms. The molecule has 0 aliphatic carbocycles. The molecule has 27 heavy (non-hydrogen) atoms. The Morgan fingerprint density at radius 1 is 1.04 bits per heavy atom. The van der Waals surface area contributed by atoms with Gasteiger partial charge in [0.05, 0.1) is 18.4 Å². The van der Waals surface area contributed by atoms with Crippen LogP contribution in [-0.2, 0) is 13.0 Å². The van der Waals surface area contributed by atoms with Crippen LogP contribution in [-0.4, -0.2) is 16.7 Å². The normalized spacial score (nSPS) is 18.0. The number of rotatable bonds is 5. The van der Waals surface area contributed by atoms with Crippen molar-refractivity contribution >= 4 is 12.4 Å². The van der Waals surface area contributed by atoms with Crippen molar-refractivity contribution in [1.82, 2.24) is 4.98 Å². The van der Waals surface area contributed by atoms with Crippen molar-refractivity contribution in [2.45, 2.75) is 19.1 Å². The number of aliphatic hydroxyl groups is 1. The summed E-state index contributed by atoms with van der Waals surface area (Å²) in [4.78, 5) is 4.26. The number of aliphatic hydroxyl groups excluding tert-OH is 1. The Morgan fingerprint density at radius 2 is 1.85 bits per heavy atom. The molecule has 0 spiro atoms. The summed E-state index contributed by atoms with van der Waals surface area (Å²) in [6.07, 6.45) is 1.95. The van der Waals surface area contributed by atoms with Gasteiger partial charge in [-0.1, -0.05) is 36.4 Å². The lowest BCUT2D eigenvalue weighted by Gasteiger charge is -2.30. The second-order valence-corrected chi connectivity index (χ2v) is 6.52. The highest BCUT2D eigenvalue weighted by molar-refractivity contribution is 5.85. The lowest BCUT2D eigenvalue weighted by Crippen LogP contribution is -2.27. The van der Waals surface area contributed by atoms with Crippen molar-refractivity contribution in [3.05, 3.63) is 89.7 Å². The van der Waals surface area contributed by atoms with Gasteiger partial charge in [0.1, 0.15) is 18.1 Å². The number of aromatic nitrogens is 1.